The fourth-order valence-corrected chi connectivity index (χ4v) is 4.33. The zero-order valence-electron chi connectivity index (χ0n) is 11.5. The van der Waals surface area contributed by atoms with Crippen LogP contribution in [0.1, 0.15) is 17.5 Å². The zero-order valence-corrected chi connectivity index (χ0v) is 13.3. The first-order valence-electron chi connectivity index (χ1n) is 6.22. The molecule has 0 bridgehead atoms. The number of aromatic amines is 1. The molecule has 122 valence electrons. The summed E-state index contributed by atoms with van der Waals surface area (Å²) in [6, 6.07) is 3.40. The van der Waals surface area contributed by atoms with E-state index in [0.29, 0.717) is 11.1 Å². The van der Waals surface area contributed by atoms with Crippen LogP contribution in [0.4, 0.5) is 0 Å². The summed E-state index contributed by atoms with van der Waals surface area (Å²) in [5.74, 6) is 0. The minimum atomic E-state index is -5.43. The maximum atomic E-state index is 11.3. The quantitative estimate of drug-likeness (QED) is 0.431. The van der Waals surface area contributed by atoms with Crippen LogP contribution in [-0.2, 0) is 15.6 Å². The Kier molecular flexibility index (Phi) is 4.36. The van der Waals surface area contributed by atoms with Crippen LogP contribution in [0.2, 0.25) is 0 Å². The Balaban J connectivity index is 2.34. The topological polar surface area (TPSA) is 164 Å². The van der Waals surface area contributed by atoms with Crippen LogP contribution < -0.4 is 0 Å². The minimum Gasteiger partial charge on any atom is -0.368 e. The second-order valence-corrected chi connectivity index (χ2v) is 9.07. The van der Waals surface area contributed by atoms with Crippen LogP contribution in [0.25, 0.3) is 11.0 Å². The van der Waals surface area contributed by atoms with E-state index in [1.165, 1.54) is 6.33 Å². The highest BCUT2D eigenvalue weighted by molar-refractivity contribution is 7.72. The second-order valence-electron chi connectivity index (χ2n) is 5.06. The number of aromatic nitrogens is 2. The normalized spacial score (nSPS) is 13.7. The lowest BCUT2D eigenvalue weighted by Crippen LogP contribution is -2.29. The largest absolute Gasteiger partial charge is 0.369 e. The standard InChI is InChI=1S/C11H16N2O7P2/c1-7-4-9-10(13-6-12-9)5-8(7)2-3-11(14,21(15,16)17)22(18,19)20/h4-6,14H,2-3H2,1H3,(H,12,13)(H2,15,16,17)(H2,18,19,20). The van der Waals surface area contributed by atoms with E-state index in [9.17, 15) is 14.2 Å². The average Bonchev–Trinajstić information content (AvgIpc) is 2.79. The van der Waals surface area contributed by atoms with Crippen molar-refractivity contribution < 1.29 is 33.8 Å². The van der Waals surface area contributed by atoms with Crippen molar-refractivity contribution in [3.63, 3.8) is 0 Å². The van der Waals surface area contributed by atoms with Crippen LogP contribution in [-0.4, -0.2) is 39.7 Å². The Hall–Kier alpha value is -1.05. The van der Waals surface area contributed by atoms with Gasteiger partial charge in [-0.05, 0) is 36.6 Å². The molecule has 0 aliphatic carbocycles. The lowest BCUT2D eigenvalue weighted by atomic mass is 10.0. The number of imidazole rings is 1. The van der Waals surface area contributed by atoms with E-state index >= 15 is 0 Å². The Morgan fingerprint density at radius 2 is 1.77 bits per heavy atom. The first-order chi connectivity index (χ1) is 9.96. The van der Waals surface area contributed by atoms with Gasteiger partial charge in [-0.1, -0.05) is 0 Å². The van der Waals surface area contributed by atoms with Gasteiger partial charge in [-0.25, -0.2) is 4.98 Å². The highest BCUT2D eigenvalue weighted by Gasteiger charge is 2.58. The van der Waals surface area contributed by atoms with Gasteiger partial charge < -0.3 is 29.7 Å². The number of aryl methyl sites for hydroxylation is 2. The van der Waals surface area contributed by atoms with E-state index in [4.69, 9.17) is 19.6 Å². The van der Waals surface area contributed by atoms with Gasteiger partial charge >= 0.3 is 15.2 Å². The summed E-state index contributed by atoms with van der Waals surface area (Å²) in [5.41, 5.74) is 2.70. The van der Waals surface area contributed by atoms with Crippen molar-refractivity contribution in [2.75, 3.05) is 0 Å². The molecule has 0 amide bonds. The third kappa shape index (κ3) is 3.02. The van der Waals surface area contributed by atoms with E-state index in [0.717, 1.165) is 11.1 Å². The molecule has 0 aliphatic heterocycles. The highest BCUT2D eigenvalue weighted by Crippen LogP contribution is 2.69. The molecule has 1 heterocycles. The number of aliphatic hydroxyl groups is 1. The number of H-pyrrole nitrogens is 1. The molecular formula is C11H16N2O7P2. The molecule has 0 fully saturated rings. The van der Waals surface area contributed by atoms with Gasteiger partial charge in [0.1, 0.15) is 0 Å². The van der Waals surface area contributed by atoms with E-state index in [2.05, 4.69) is 9.97 Å². The molecule has 0 atom stereocenters. The van der Waals surface area contributed by atoms with E-state index < -0.39 is 26.7 Å². The predicted octanol–water partition coefficient (Wildman–Crippen LogP) is 0.805. The Bertz CT molecular complexity index is 769. The van der Waals surface area contributed by atoms with Crippen LogP contribution >= 0.6 is 15.2 Å². The molecule has 11 heteroatoms. The summed E-state index contributed by atoms with van der Waals surface area (Å²) in [6.45, 7) is 1.74. The summed E-state index contributed by atoms with van der Waals surface area (Å²) in [6.07, 6.45) is 0.579. The molecule has 0 saturated carbocycles. The fraction of sp³-hybridized carbons (Fsp3) is 0.364. The summed E-state index contributed by atoms with van der Waals surface area (Å²) < 4.78 is 22.6. The average molecular weight is 350 g/mol. The monoisotopic (exact) mass is 350 g/mol. The van der Waals surface area contributed by atoms with Crippen LogP contribution in [0.3, 0.4) is 0 Å². The third-order valence-electron chi connectivity index (χ3n) is 3.54. The molecule has 0 radical (unpaired) electrons. The number of hydrogen-bond acceptors (Lipinski definition) is 4. The summed E-state index contributed by atoms with van der Waals surface area (Å²) in [7, 11) is -10.9. The number of rotatable bonds is 5. The molecule has 1 aromatic carbocycles. The lowest BCUT2D eigenvalue weighted by Gasteiger charge is -2.29. The maximum Gasteiger partial charge on any atom is 0.369 e. The number of fused-ring (bicyclic) bond motifs is 1. The van der Waals surface area contributed by atoms with Crippen molar-refractivity contribution in [3.05, 3.63) is 29.6 Å². The number of hydrogen-bond donors (Lipinski definition) is 6. The van der Waals surface area contributed by atoms with Crippen molar-refractivity contribution >= 4 is 26.2 Å². The number of nitrogens with one attached hydrogen (secondary N) is 1. The number of benzene rings is 1. The molecular weight excluding hydrogens is 334 g/mol. The minimum absolute atomic E-state index is 0.124. The van der Waals surface area contributed by atoms with Gasteiger partial charge in [-0.15, -0.1) is 0 Å². The van der Waals surface area contributed by atoms with E-state index in [-0.39, 0.29) is 6.42 Å². The van der Waals surface area contributed by atoms with Crippen molar-refractivity contribution in [2.24, 2.45) is 0 Å². The fourth-order valence-electron chi connectivity index (χ4n) is 2.17. The van der Waals surface area contributed by atoms with Crippen molar-refractivity contribution in [1.82, 2.24) is 9.97 Å². The van der Waals surface area contributed by atoms with Gasteiger partial charge in [-0.3, -0.25) is 9.13 Å². The molecule has 0 aliphatic rings. The molecule has 1 aromatic heterocycles. The van der Waals surface area contributed by atoms with Crippen LogP contribution in [0.15, 0.2) is 18.5 Å². The van der Waals surface area contributed by atoms with Crippen LogP contribution in [0, 0.1) is 6.92 Å². The Morgan fingerprint density at radius 1 is 1.18 bits per heavy atom. The summed E-state index contributed by atoms with van der Waals surface area (Å²) in [5, 5.41) is 6.47. The summed E-state index contributed by atoms with van der Waals surface area (Å²) >= 11 is 0. The smallest absolute Gasteiger partial charge is 0.368 e. The molecule has 0 unspecified atom stereocenters. The van der Waals surface area contributed by atoms with Gasteiger partial charge in [-0.2, -0.15) is 0 Å². The van der Waals surface area contributed by atoms with Gasteiger partial charge in [0.05, 0.1) is 17.4 Å². The van der Waals surface area contributed by atoms with Gasteiger partial charge in [0.15, 0.2) is 0 Å². The molecule has 6 N–H and O–H groups in total. The molecule has 0 saturated heterocycles. The number of nitrogens with zero attached hydrogens (tertiary/aromatic N) is 1. The Morgan fingerprint density at radius 3 is 2.32 bits per heavy atom. The predicted molar refractivity (Wildman–Crippen MR) is 78.2 cm³/mol. The molecule has 2 rings (SSSR count). The van der Waals surface area contributed by atoms with Crippen LogP contribution in [0.5, 0.6) is 0 Å². The van der Waals surface area contributed by atoms with Crippen molar-refractivity contribution in [3.8, 4) is 0 Å². The van der Waals surface area contributed by atoms with Gasteiger partial charge in [0.2, 0.25) is 0 Å². The Labute approximate surface area is 125 Å². The maximum absolute atomic E-state index is 11.3. The summed E-state index contributed by atoms with van der Waals surface area (Å²) in [4.78, 5) is 43.4. The molecule has 2 aromatic rings. The van der Waals surface area contributed by atoms with Gasteiger partial charge in [0.25, 0.3) is 5.08 Å². The first kappa shape index (κ1) is 17.3. The van der Waals surface area contributed by atoms with E-state index in [1.807, 2.05) is 0 Å². The van der Waals surface area contributed by atoms with Crippen molar-refractivity contribution in [2.45, 2.75) is 24.8 Å². The lowest BCUT2D eigenvalue weighted by molar-refractivity contribution is 0.123. The highest BCUT2D eigenvalue weighted by atomic mass is 31.2. The molecule has 22 heavy (non-hydrogen) atoms. The molecule has 0 spiro atoms. The van der Waals surface area contributed by atoms with Gasteiger partial charge in [0, 0.05) is 6.42 Å². The first-order valence-corrected chi connectivity index (χ1v) is 9.44. The van der Waals surface area contributed by atoms with Crippen molar-refractivity contribution in [1.29, 1.82) is 0 Å². The second kappa shape index (κ2) is 5.54. The SMILES string of the molecule is Cc1cc2[nH]cnc2cc1CCC(O)(P(=O)(O)O)P(=O)(O)O. The third-order valence-corrected chi connectivity index (χ3v) is 7.42. The zero-order chi connectivity index (χ0) is 16.8. The van der Waals surface area contributed by atoms with E-state index in [1.54, 1.807) is 19.1 Å². The molecule has 9 nitrogen and oxygen atoms in total.